The summed E-state index contributed by atoms with van der Waals surface area (Å²) in [6, 6.07) is 4.87. The van der Waals surface area contributed by atoms with Crippen molar-refractivity contribution in [3.8, 4) is 0 Å². The first-order chi connectivity index (χ1) is 9.95. The number of nitrogens with one attached hydrogen (secondary N) is 1. The summed E-state index contributed by atoms with van der Waals surface area (Å²) in [5.41, 5.74) is 0.566. The van der Waals surface area contributed by atoms with Crippen molar-refractivity contribution >= 4 is 11.6 Å². The molecule has 118 valence electrons. The molecule has 1 N–H and O–H groups in total. The van der Waals surface area contributed by atoms with E-state index in [1.807, 2.05) is 7.05 Å². The second-order valence-electron chi connectivity index (χ2n) is 6.03. The molecule has 0 radical (unpaired) electrons. The van der Waals surface area contributed by atoms with Crippen molar-refractivity contribution in [1.82, 2.24) is 10.2 Å². The van der Waals surface area contributed by atoms with Gasteiger partial charge < -0.3 is 10.1 Å². The van der Waals surface area contributed by atoms with E-state index < -0.39 is 0 Å². The number of nitrogens with zero attached hydrogens (tertiary/aromatic N) is 1. The van der Waals surface area contributed by atoms with Gasteiger partial charge in [0.2, 0.25) is 0 Å². The Kier molecular flexibility index (Phi) is 5.60. The highest BCUT2D eigenvalue weighted by Gasteiger charge is 2.35. The van der Waals surface area contributed by atoms with Crippen LogP contribution in [0.1, 0.15) is 19.4 Å². The number of ether oxygens (including phenoxy) is 1. The fourth-order valence-corrected chi connectivity index (χ4v) is 3.18. The van der Waals surface area contributed by atoms with E-state index in [1.54, 1.807) is 12.1 Å². The lowest BCUT2D eigenvalue weighted by Crippen LogP contribution is -2.60. The highest BCUT2D eigenvalue weighted by Crippen LogP contribution is 2.25. The number of benzene rings is 1. The molecule has 3 nitrogen and oxygen atoms in total. The summed E-state index contributed by atoms with van der Waals surface area (Å²) in [4.78, 5) is 2.40. The van der Waals surface area contributed by atoms with Crippen LogP contribution in [0.5, 0.6) is 0 Å². The highest BCUT2D eigenvalue weighted by molar-refractivity contribution is 6.30. The van der Waals surface area contributed by atoms with Gasteiger partial charge in [0, 0.05) is 29.7 Å². The smallest absolute Gasteiger partial charge is 0.126 e. The van der Waals surface area contributed by atoms with E-state index >= 15 is 0 Å². The zero-order valence-electron chi connectivity index (χ0n) is 13.0. The van der Waals surface area contributed by atoms with Gasteiger partial charge in [-0.15, -0.1) is 0 Å². The second-order valence-corrected chi connectivity index (χ2v) is 6.47. The number of likely N-dealkylation sites (N-methyl/N-ethyl adjacent to an activating group) is 1. The lowest BCUT2D eigenvalue weighted by molar-refractivity contribution is -0.0224. The second kappa shape index (κ2) is 7.05. The molecule has 1 aliphatic rings. The molecule has 1 heterocycles. The fourth-order valence-electron chi connectivity index (χ4n) is 2.98. The first-order valence-electron chi connectivity index (χ1n) is 7.39. The Morgan fingerprint density at radius 2 is 2.05 bits per heavy atom. The third-order valence-electron chi connectivity index (χ3n) is 4.46. The molecule has 1 unspecified atom stereocenters. The average molecular weight is 315 g/mol. The van der Waals surface area contributed by atoms with Crippen molar-refractivity contribution in [3.63, 3.8) is 0 Å². The molecule has 1 atom stereocenters. The lowest BCUT2D eigenvalue weighted by atomic mass is 9.87. The quantitative estimate of drug-likeness (QED) is 0.904. The van der Waals surface area contributed by atoms with Crippen molar-refractivity contribution in [2.24, 2.45) is 0 Å². The van der Waals surface area contributed by atoms with Crippen molar-refractivity contribution < 1.29 is 9.13 Å². The van der Waals surface area contributed by atoms with Crippen LogP contribution in [0.4, 0.5) is 4.39 Å². The van der Waals surface area contributed by atoms with Crippen LogP contribution in [0, 0.1) is 5.82 Å². The number of morpholine rings is 1. The Labute approximate surface area is 131 Å². The van der Waals surface area contributed by atoms with Crippen LogP contribution >= 0.6 is 11.6 Å². The van der Waals surface area contributed by atoms with Crippen molar-refractivity contribution in [3.05, 3.63) is 34.6 Å². The van der Waals surface area contributed by atoms with Gasteiger partial charge in [-0.1, -0.05) is 11.6 Å². The minimum atomic E-state index is -0.197. The van der Waals surface area contributed by atoms with Crippen molar-refractivity contribution in [1.29, 1.82) is 0 Å². The van der Waals surface area contributed by atoms with E-state index in [1.165, 1.54) is 6.07 Å². The topological polar surface area (TPSA) is 24.5 Å². The lowest BCUT2D eigenvalue weighted by Gasteiger charge is -2.46. The van der Waals surface area contributed by atoms with E-state index in [4.69, 9.17) is 16.3 Å². The summed E-state index contributed by atoms with van der Waals surface area (Å²) in [5.74, 6) is -0.197. The molecule has 0 aliphatic carbocycles. The van der Waals surface area contributed by atoms with E-state index in [2.05, 4.69) is 24.1 Å². The molecule has 0 saturated carbocycles. The monoisotopic (exact) mass is 314 g/mol. The Morgan fingerprint density at radius 1 is 1.38 bits per heavy atom. The molecule has 1 aliphatic heterocycles. The SMILES string of the molecule is CNC(Cc1cc(Cl)ccc1F)C(C)(C)N1CCOCC1. The molecule has 0 spiro atoms. The van der Waals surface area contributed by atoms with Gasteiger partial charge in [-0.3, -0.25) is 4.90 Å². The van der Waals surface area contributed by atoms with Gasteiger partial charge in [-0.2, -0.15) is 0 Å². The van der Waals surface area contributed by atoms with Gasteiger partial charge in [-0.25, -0.2) is 4.39 Å². The zero-order valence-corrected chi connectivity index (χ0v) is 13.7. The molecule has 0 amide bonds. The predicted octanol–water partition coefficient (Wildman–Crippen LogP) is 2.72. The number of halogens is 2. The van der Waals surface area contributed by atoms with E-state index in [0.717, 1.165) is 26.3 Å². The van der Waals surface area contributed by atoms with Gasteiger partial charge in [0.25, 0.3) is 0 Å². The van der Waals surface area contributed by atoms with Crippen LogP contribution in [0.3, 0.4) is 0 Å². The standard InChI is InChI=1S/C16H24ClFN2O/c1-16(2,20-6-8-21-9-7-20)15(19-3)11-12-10-13(17)4-5-14(12)18/h4-5,10,15,19H,6-9,11H2,1-3H3. The summed E-state index contributed by atoms with van der Waals surface area (Å²) in [5, 5.41) is 3.92. The van der Waals surface area contributed by atoms with Crippen LogP contribution in [0.25, 0.3) is 0 Å². The summed E-state index contributed by atoms with van der Waals surface area (Å²) in [6.45, 7) is 7.72. The molecule has 0 aromatic heterocycles. The summed E-state index contributed by atoms with van der Waals surface area (Å²) >= 11 is 5.99. The zero-order chi connectivity index (χ0) is 15.5. The maximum Gasteiger partial charge on any atom is 0.126 e. The van der Waals surface area contributed by atoms with Gasteiger partial charge in [0.15, 0.2) is 0 Å². The van der Waals surface area contributed by atoms with Crippen LogP contribution in [0.2, 0.25) is 5.02 Å². The Hall–Kier alpha value is -0.680. The maximum absolute atomic E-state index is 14.0. The Morgan fingerprint density at radius 3 is 2.67 bits per heavy atom. The van der Waals surface area contributed by atoms with E-state index in [9.17, 15) is 4.39 Å². The van der Waals surface area contributed by atoms with E-state index in [0.29, 0.717) is 17.0 Å². The molecule has 5 heteroatoms. The molecular weight excluding hydrogens is 291 g/mol. The molecule has 1 saturated heterocycles. The third kappa shape index (κ3) is 3.95. The predicted molar refractivity (Wildman–Crippen MR) is 84.4 cm³/mol. The third-order valence-corrected chi connectivity index (χ3v) is 4.69. The summed E-state index contributed by atoms with van der Waals surface area (Å²) in [7, 11) is 1.93. The van der Waals surface area contributed by atoms with Gasteiger partial charge in [-0.05, 0) is 51.1 Å². The van der Waals surface area contributed by atoms with Crippen LogP contribution < -0.4 is 5.32 Å². The molecule has 1 fully saturated rings. The van der Waals surface area contributed by atoms with Crippen molar-refractivity contribution in [2.75, 3.05) is 33.4 Å². The fraction of sp³-hybridized carbons (Fsp3) is 0.625. The normalized spacial score (nSPS) is 18.7. The number of rotatable bonds is 5. The minimum Gasteiger partial charge on any atom is -0.379 e. The van der Waals surface area contributed by atoms with Gasteiger partial charge in [0.1, 0.15) is 5.82 Å². The Balaban J connectivity index is 2.16. The van der Waals surface area contributed by atoms with Crippen LogP contribution in [-0.2, 0) is 11.2 Å². The highest BCUT2D eigenvalue weighted by atomic mass is 35.5. The van der Waals surface area contributed by atoms with Crippen LogP contribution in [-0.4, -0.2) is 49.8 Å². The molecule has 2 rings (SSSR count). The van der Waals surface area contributed by atoms with Gasteiger partial charge >= 0.3 is 0 Å². The molecule has 1 aromatic carbocycles. The maximum atomic E-state index is 14.0. The Bertz CT molecular complexity index is 475. The summed E-state index contributed by atoms with van der Waals surface area (Å²) < 4.78 is 19.4. The molecule has 0 bridgehead atoms. The molecular formula is C16H24ClFN2O. The van der Waals surface area contributed by atoms with Crippen molar-refractivity contribution in [2.45, 2.75) is 31.8 Å². The number of hydrogen-bond acceptors (Lipinski definition) is 3. The number of hydrogen-bond donors (Lipinski definition) is 1. The van der Waals surface area contributed by atoms with Gasteiger partial charge in [0.05, 0.1) is 13.2 Å². The average Bonchev–Trinajstić information content (AvgIpc) is 2.48. The van der Waals surface area contributed by atoms with Crippen LogP contribution in [0.15, 0.2) is 18.2 Å². The molecule has 21 heavy (non-hydrogen) atoms. The largest absolute Gasteiger partial charge is 0.379 e. The first kappa shape index (κ1) is 16.7. The van der Waals surface area contributed by atoms with E-state index in [-0.39, 0.29) is 17.4 Å². The summed E-state index contributed by atoms with van der Waals surface area (Å²) in [6.07, 6.45) is 0.604. The minimum absolute atomic E-state index is 0.0900. The first-order valence-corrected chi connectivity index (χ1v) is 7.77. The molecule has 1 aromatic rings.